The van der Waals surface area contributed by atoms with Crippen molar-refractivity contribution in [3.63, 3.8) is 0 Å². The van der Waals surface area contributed by atoms with Crippen molar-refractivity contribution in [2.24, 2.45) is 0 Å². The molecular weight excluding hydrogens is 217 g/mol. The summed E-state index contributed by atoms with van der Waals surface area (Å²) >= 11 is 0. The third-order valence-corrected chi connectivity index (χ3v) is 2.23. The molecule has 2 nitrogen and oxygen atoms in total. The minimum absolute atomic E-state index is 0.0723. The standard InChI is InChI=1S/C11H9F3N2/c1-7-2-3-8(10-15-4-5-16-10)9(6-7)11(12,13)14/h2-6H,1H3,(H,15,16). The van der Waals surface area contributed by atoms with Gasteiger partial charge in [-0.2, -0.15) is 13.2 Å². The molecule has 0 aliphatic rings. The number of hydrogen-bond acceptors (Lipinski definition) is 1. The van der Waals surface area contributed by atoms with Gasteiger partial charge in [0, 0.05) is 18.0 Å². The maximum Gasteiger partial charge on any atom is 0.417 e. The first-order valence-electron chi connectivity index (χ1n) is 4.66. The van der Waals surface area contributed by atoms with Gasteiger partial charge in [0.2, 0.25) is 0 Å². The van der Waals surface area contributed by atoms with Crippen molar-refractivity contribution >= 4 is 0 Å². The van der Waals surface area contributed by atoms with E-state index in [1.165, 1.54) is 18.5 Å². The van der Waals surface area contributed by atoms with Gasteiger partial charge in [-0.15, -0.1) is 0 Å². The third kappa shape index (κ3) is 1.93. The average molecular weight is 226 g/mol. The van der Waals surface area contributed by atoms with Crippen molar-refractivity contribution in [2.45, 2.75) is 13.1 Å². The average Bonchev–Trinajstić information content (AvgIpc) is 2.69. The number of nitrogens with zero attached hydrogens (tertiary/aromatic N) is 1. The second kappa shape index (κ2) is 3.66. The van der Waals surface area contributed by atoms with E-state index >= 15 is 0 Å². The van der Waals surface area contributed by atoms with Crippen LogP contribution in [-0.4, -0.2) is 9.97 Å². The Morgan fingerprint density at radius 1 is 1.25 bits per heavy atom. The molecule has 0 radical (unpaired) electrons. The fourth-order valence-corrected chi connectivity index (χ4v) is 1.51. The quantitative estimate of drug-likeness (QED) is 0.793. The zero-order valence-corrected chi connectivity index (χ0v) is 8.47. The van der Waals surface area contributed by atoms with Crippen LogP contribution in [0.3, 0.4) is 0 Å². The van der Waals surface area contributed by atoms with Crippen LogP contribution in [0.2, 0.25) is 0 Å². The Kier molecular flexibility index (Phi) is 2.46. The molecule has 1 N–H and O–H groups in total. The molecule has 0 aliphatic heterocycles. The van der Waals surface area contributed by atoms with Crippen molar-refractivity contribution < 1.29 is 13.2 Å². The van der Waals surface area contributed by atoms with Crippen LogP contribution in [0, 0.1) is 6.92 Å². The summed E-state index contributed by atoms with van der Waals surface area (Å²) in [4.78, 5) is 6.51. The summed E-state index contributed by atoms with van der Waals surface area (Å²) in [5.41, 5.74) is -0.0202. The first kappa shape index (κ1) is 10.7. The number of aromatic nitrogens is 2. The predicted molar refractivity (Wildman–Crippen MR) is 53.8 cm³/mol. The molecule has 1 aromatic heterocycles. The first-order chi connectivity index (χ1) is 7.48. The van der Waals surface area contributed by atoms with Crippen LogP contribution in [0.25, 0.3) is 11.4 Å². The maximum absolute atomic E-state index is 12.8. The number of halogens is 3. The van der Waals surface area contributed by atoms with Crippen molar-refractivity contribution in [1.82, 2.24) is 9.97 Å². The molecule has 0 bridgehead atoms. The van der Waals surface area contributed by atoms with E-state index in [1.54, 1.807) is 13.0 Å². The van der Waals surface area contributed by atoms with E-state index in [4.69, 9.17) is 0 Å². The summed E-state index contributed by atoms with van der Waals surface area (Å²) in [7, 11) is 0. The molecule has 5 heteroatoms. The van der Waals surface area contributed by atoms with Gasteiger partial charge in [-0.05, 0) is 13.0 Å². The molecular formula is C11H9F3N2. The van der Waals surface area contributed by atoms with Crippen LogP contribution in [-0.2, 0) is 6.18 Å². The smallest absolute Gasteiger partial charge is 0.345 e. The highest BCUT2D eigenvalue weighted by molar-refractivity contribution is 5.61. The molecule has 16 heavy (non-hydrogen) atoms. The van der Waals surface area contributed by atoms with E-state index in [9.17, 15) is 13.2 Å². The molecule has 1 heterocycles. The molecule has 2 aromatic rings. The van der Waals surface area contributed by atoms with E-state index in [0.717, 1.165) is 6.07 Å². The Morgan fingerprint density at radius 2 is 2.00 bits per heavy atom. The normalized spacial score (nSPS) is 11.8. The molecule has 0 fully saturated rings. The molecule has 0 atom stereocenters. The number of rotatable bonds is 1. The second-order valence-corrected chi connectivity index (χ2v) is 3.48. The van der Waals surface area contributed by atoms with Gasteiger partial charge in [-0.25, -0.2) is 4.98 Å². The van der Waals surface area contributed by atoms with Crippen molar-refractivity contribution in [3.8, 4) is 11.4 Å². The van der Waals surface area contributed by atoms with E-state index < -0.39 is 11.7 Å². The SMILES string of the molecule is Cc1ccc(-c2ncc[nH]2)c(C(F)(F)F)c1. The molecule has 2 rings (SSSR count). The van der Waals surface area contributed by atoms with Gasteiger partial charge in [-0.1, -0.05) is 17.7 Å². The monoisotopic (exact) mass is 226 g/mol. The van der Waals surface area contributed by atoms with Crippen molar-refractivity contribution in [2.75, 3.05) is 0 Å². The fourth-order valence-electron chi connectivity index (χ4n) is 1.51. The fraction of sp³-hybridized carbons (Fsp3) is 0.182. The van der Waals surface area contributed by atoms with Crippen LogP contribution >= 0.6 is 0 Å². The van der Waals surface area contributed by atoms with E-state index in [2.05, 4.69) is 9.97 Å². The lowest BCUT2D eigenvalue weighted by Crippen LogP contribution is -2.08. The topological polar surface area (TPSA) is 28.7 Å². The van der Waals surface area contributed by atoms with Gasteiger partial charge >= 0.3 is 6.18 Å². The lowest BCUT2D eigenvalue weighted by molar-refractivity contribution is -0.137. The second-order valence-electron chi connectivity index (χ2n) is 3.48. The molecule has 0 unspecified atom stereocenters. The van der Waals surface area contributed by atoms with Crippen LogP contribution < -0.4 is 0 Å². The number of nitrogens with one attached hydrogen (secondary N) is 1. The highest BCUT2D eigenvalue weighted by Gasteiger charge is 2.34. The Hall–Kier alpha value is -1.78. The lowest BCUT2D eigenvalue weighted by atomic mass is 10.0. The van der Waals surface area contributed by atoms with Crippen LogP contribution in [0.4, 0.5) is 13.2 Å². The highest BCUT2D eigenvalue weighted by Crippen LogP contribution is 2.36. The van der Waals surface area contributed by atoms with Gasteiger partial charge < -0.3 is 4.98 Å². The summed E-state index contributed by atoms with van der Waals surface area (Å²) < 4.78 is 38.3. The number of imidazole rings is 1. The van der Waals surface area contributed by atoms with Gasteiger partial charge in [0.05, 0.1) is 5.56 Å². The molecule has 0 saturated carbocycles. The summed E-state index contributed by atoms with van der Waals surface area (Å²) in [5, 5.41) is 0. The molecule has 84 valence electrons. The number of aromatic amines is 1. The van der Waals surface area contributed by atoms with E-state index in [1.807, 2.05) is 0 Å². The number of H-pyrrole nitrogens is 1. The highest BCUT2D eigenvalue weighted by atomic mass is 19.4. The van der Waals surface area contributed by atoms with Crippen LogP contribution in [0.15, 0.2) is 30.6 Å². The lowest BCUT2D eigenvalue weighted by Gasteiger charge is -2.11. The summed E-state index contributed by atoms with van der Waals surface area (Å²) in [6.07, 6.45) is -1.45. The number of aryl methyl sites for hydroxylation is 1. The van der Waals surface area contributed by atoms with Gasteiger partial charge in [0.1, 0.15) is 5.82 Å². The Bertz CT molecular complexity index is 486. The Labute approximate surface area is 90.1 Å². The minimum Gasteiger partial charge on any atom is -0.345 e. The van der Waals surface area contributed by atoms with Crippen molar-refractivity contribution in [1.29, 1.82) is 0 Å². The Balaban J connectivity index is 2.62. The minimum atomic E-state index is -4.37. The van der Waals surface area contributed by atoms with Gasteiger partial charge in [-0.3, -0.25) is 0 Å². The molecule has 0 amide bonds. The summed E-state index contributed by atoms with van der Waals surface area (Å²) in [6, 6.07) is 4.18. The van der Waals surface area contributed by atoms with Crippen LogP contribution in [0.1, 0.15) is 11.1 Å². The van der Waals surface area contributed by atoms with Crippen molar-refractivity contribution in [3.05, 3.63) is 41.7 Å². The molecule has 0 saturated heterocycles. The zero-order chi connectivity index (χ0) is 11.8. The maximum atomic E-state index is 12.8. The van der Waals surface area contributed by atoms with E-state index in [-0.39, 0.29) is 11.4 Å². The number of hydrogen-bond donors (Lipinski definition) is 1. The predicted octanol–water partition coefficient (Wildman–Crippen LogP) is 3.40. The molecule has 0 aliphatic carbocycles. The van der Waals surface area contributed by atoms with E-state index in [0.29, 0.717) is 5.56 Å². The number of benzene rings is 1. The van der Waals surface area contributed by atoms with Gasteiger partial charge in [0.25, 0.3) is 0 Å². The zero-order valence-electron chi connectivity index (χ0n) is 8.47. The molecule has 0 spiro atoms. The summed E-state index contributed by atoms with van der Waals surface area (Å²) in [5.74, 6) is 0.229. The van der Waals surface area contributed by atoms with Gasteiger partial charge in [0.15, 0.2) is 0 Å². The Morgan fingerprint density at radius 3 is 2.56 bits per heavy atom. The summed E-state index contributed by atoms with van der Waals surface area (Å²) in [6.45, 7) is 1.63. The third-order valence-electron chi connectivity index (χ3n) is 2.23. The van der Waals surface area contributed by atoms with Crippen LogP contribution in [0.5, 0.6) is 0 Å². The molecule has 1 aromatic carbocycles. The first-order valence-corrected chi connectivity index (χ1v) is 4.66. The largest absolute Gasteiger partial charge is 0.417 e. The number of alkyl halides is 3.